The van der Waals surface area contributed by atoms with Crippen molar-refractivity contribution < 1.29 is 0 Å². The van der Waals surface area contributed by atoms with Crippen LogP contribution in [0.15, 0.2) is 36.9 Å². The molecule has 11 heavy (non-hydrogen) atoms. The lowest BCUT2D eigenvalue weighted by atomic mass is 10.1. The number of benzene rings is 1. The molecule has 1 aromatic rings. The molecule has 0 aliphatic rings. The fraction of sp³-hybridized carbons (Fsp3) is 0.111. The monoisotopic (exact) mass is 148 g/mol. The summed E-state index contributed by atoms with van der Waals surface area (Å²) in [5.74, 6) is 0. The van der Waals surface area contributed by atoms with Gasteiger partial charge < -0.3 is 11.5 Å². The van der Waals surface area contributed by atoms with Gasteiger partial charge in [-0.1, -0.05) is 18.2 Å². The molecule has 0 amide bonds. The molecule has 0 saturated carbocycles. The van der Waals surface area contributed by atoms with Gasteiger partial charge in [0.25, 0.3) is 0 Å². The SMILES string of the molecule is C=C[C@H](N)c1ccc(N)cc1. The molecule has 2 nitrogen and oxygen atoms in total. The number of anilines is 1. The Hall–Kier alpha value is -1.28. The summed E-state index contributed by atoms with van der Waals surface area (Å²) in [5, 5.41) is 0. The Morgan fingerprint density at radius 1 is 1.27 bits per heavy atom. The molecule has 4 N–H and O–H groups in total. The van der Waals surface area contributed by atoms with Gasteiger partial charge in [-0.05, 0) is 17.7 Å². The highest BCUT2D eigenvalue weighted by Crippen LogP contribution is 2.12. The maximum atomic E-state index is 5.69. The fourth-order valence-electron chi connectivity index (χ4n) is 0.854. The van der Waals surface area contributed by atoms with Crippen LogP contribution in [-0.4, -0.2) is 0 Å². The zero-order valence-corrected chi connectivity index (χ0v) is 6.33. The third-order valence-electron chi connectivity index (χ3n) is 1.58. The van der Waals surface area contributed by atoms with Crippen molar-refractivity contribution in [1.82, 2.24) is 0 Å². The average Bonchev–Trinajstić information content (AvgIpc) is 2.05. The third-order valence-corrected chi connectivity index (χ3v) is 1.58. The van der Waals surface area contributed by atoms with Gasteiger partial charge in [0.05, 0.1) is 0 Å². The summed E-state index contributed by atoms with van der Waals surface area (Å²) in [6, 6.07) is 7.39. The fourth-order valence-corrected chi connectivity index (χ4v) is 0.854. The van der Waals surface area contributed by atoms with Gasteiger partial charge in [-0.25, -0.2) is 0 Å². The van der Waals surface area contributed by atoms with Crippen LogP contribution in [0.3, 0.4) is 0 Å². The first-order valence-corrected chi connectivity index (χ1v) is 3.47. The zero-order valence-electron chi connectivity index (χ0n) is 6.33. The lowest BCUT2D eigenvalue weighted by Gasteiger charge is -2.05. The Morgan fingerprint density at radius 3 is 2.27 bits per heavy atom. The standard InChI is InChI=1S/C9H12N2/c1-2-9(11)7-3-5-8(10)6-4-7/h2-6,9H,1,10-11H2/t9-/m0/s1. The van der Waals surface area contributed by atoms with Crippen molar-refractivity contribution in [3.63, 3.8) is 0 Å². The summed E-state index contributed by atoms with van der Waals surface area (Å²) >= 11 is 0. The van der Waals surface area contributed by atoms with E-state index >= 15 is 0 Å². The van der Waals surface area contributed by atoms with Gasteiger partial charge in [-0.2, -0.15) is 0 Å². The highest BCUT2D eigenvalue weighted by Gasteiger charge is 1.98. The molecular weight excluding hydrogens is 136 g/mol. The largest absolute Gasteiger partial charge is 0.399 e. The number of nitrogen functional groups attached to an aromatic ring is 1. The van der Waals surface area contributed by atoms with E-state index in [2.05, 4.69) is 6.58 Å². The molecule has 58 valence electrons. The Morgan fingerprint density at radius 2 is 1.82 bits per heavy atom. The van der Waals surface area contributed by atoms with Crippen LogP contribution in [0.1, 0.15) is 11.6 Å². The summed E-state index contributed by atoms with van der Waals surface area (Å²) in [4.78, 5) is 0. The molecule has 2 heteroatoms. The van der Waals surface area contributed by atoms with E-state index in [1.165, 1.54) is 0 Å². The first kappa shape index (κ1) is 7.82. The minimum absolute atomic E-state index is 0.0874. The van der Waals surface area contributed by atoms with E-state index in [-0.39, 0.29) is 6.04 Å². The van der Waals surface area contributed by atoms with Crippen LogP contribution >= 0.6 is 0 Å². The first-order valence-electron chi connectivity index (χ1n) is 3.47. The molecule has 1 rings (SSSR count). The van der Waals surface area contributed by atoms with Crippen molar-refractivity contribution in [2.75, 3.05) is 5.73 Å². The minimum atomic E-state index is -0.0874. The number of hydrogen-bond donors (Lipinski definition) is 2. The predicted molar refractivity (Wildman–Crippen MR) is 48.0 cm³/mol. The van der Waals surface area contributed by atoms with E-state index in [4.69, 9.17) is 11.5 Å². The smallest absolute Gasteiger partial charge is 0.0478 e. The molecule has 1 aromatic carbocycles. The minimum Gasteiger partial charge on any atom is -0.399 e. The lowest BCUT2D eigenvalue weighted by molar-refractivity contribution is 0.915. The van der Waals surface area contributed by atoms with Crippen LogP contribution in [0.4, 0.5) is 5.69 Å². The van der Waals surface area contributed by atoms with Crippen LogP contribution < -0.4 is 11.5 Å². The van der Waals surface area contributed by atoms with Crippen LogP contribution in [0.25, 0.3) is 0 Å². The van der Waals surface area contributed by atoms with Gasteiger partial charge in [0.1, 0.15) is 0 Å². The van der Waals surface area contributed by atoms with Crippen molar-refractivity contribution in [3.8, 4) is 0 Å². The van der Waals surface area contributed by atoms with Crippen LogP contribution in [0.2, 0.25) is 0 Å². The third kappa shape index (κ3) is 1.82. The zero-order chi connectivity index (χ0) is 8.27. The van der Waals surface area contributed by atoms with Gasteiger partial charge in [0.15, 0.2) is 0 Å². The Balaban J connectivity index is 2.89. The topological polar surface area (TPSA) is 52.0 Å². The number of hydrogen-bond acceptors (Lipinski definition) is 2. The summed E-state index contributed by atoms with van der Waals surface area (Å²) in [6.45, 7) is 3.60. The van der Waals surface area contributed by atoms with Crippen molar-refractivity contribution in [3.05, 3.63) is 42.5 Å². The molecule has 0 radical (unpaired) electrons. The number of rotatable bonds is 2. The highest BCUT2D eigenvalue weighted by molar-refractivity contribution is 5.40. The van der Waals surface area contributed by atoms with Crippen LogP contribution in [0, 0.1) is 0 Å². The summed E-state index contributed by atoms with van der Waals surface area (Å²) in [7, 11) is 0. The second kappa shape index (κ2) is 3.21. The Bertz CT molecular complexity index is 238. The van der Waals surface area contributed by atoms with E-state index in [1.54, 1.807) is 6.08 Å². The second-order valence-electron chi connectivity index (χ2n) is 2.43. The summed E-state index contributed by atoms with van der Waals surface area (Å²) < 4.78 is 0. The quantitative estimate of drug-likeness (QED) is 0.492. The van der Waals surface area contributed by atoms with E-state index in [0.29, 0.717) is 0 Å². The Kier molecular flexibility index (Phi) is 2.28. The molecule has 1 atom stereocenters. The van der Waals surface area contributed by atoms with Crippen molar-refractivity contribution in [1.29, 1.82) is 0 Å². The molecule has 0 unspecified atom stereocenters. The maximum Gasteiger partial charge on any atom is 0.0478 e. The predicted octanol–water partition coefficient (Wildman–Crippen LogP) is 1.45. The normalized spacial score (nSPS) is 12.5. The molecule has 0 heterocycles. The highest BCUT2D eigenvalue weighted by atomic mass is 14.6. The van der Waals surface area contributed by atoms with Gasteiger partial charge in [-0.3, -0.25) is 0 Å². The van der Waals surface area contributed by atoms with Gasteiger partial charge in [0.2, 0.25) is 0 Å². The molecule has 0 bridgehead atoms. The van der Waals surface area contributed by atoms with E-state index in [9.17, 15) is 0 Å². The average molecular weight is 148 g/mol. The molecule has 0 fully saturated rings. The Labute approximate surface area is 66.5 Å². The van der Waals surface area contributed by atoms with E-state index < -0.39 is 0 Å². The van der Waals surface area contributed by atoms with Crippen molar-refractivity contribution in [2.24, 2.45) is 5.73 Å². The molecule has 0 aliphatic carbocycles. The van der Waals surface area contributed by atoms with E-state index in [1.807, 2.05) is 24.3 Å². The maximum absolute atomic E-state index is 5.69. The van der Waals surface area contributed by atoms with Gasteiger partial charge >= 0.3 is 0 Å². The molecule has 0 aliphatic heterocycles. The second-order valence-corrected chi connectivity index (χ2v) is 2.43. The molecule has 0 spiro atoms. The summed E-state index contributed by atoms with van der Waals surface area (Å²) in [5.41, 5.74) is 13.0. The van der Waals surface area contributed by atoms with Crippen LogP contribution in [-0.2, 0) is 0 Å². The van der Waals surface area contributed by atoms with E-state index in [0.717, 1.165) is 11.3 Å². The number of nitrogens with two attached hydrogens (primary N) is 2. The van der Waals surface area contributed by atoms with Gasteiger partial charge in [0, 0.05) is 11.7 Å². The van der Waals surface area contributed by atoms with Gasteiger partial charge in [-0.15, -0.1) is 6.58 Å². The summed E-state index contributed by atoms with van der Waals surface area (Å²) in [6.07, 6.45) is 1.70. The lowest BCUT2D eigenvalue weighted by Crippen LogP contribution is -2.05. The van der Waals surface area contributed by atoms with Crippen LogP contribution in [0.5, 0.6) is 0 Å². The van der Waals surface area contributed by atoms with Crippen molar-refractivity contribution in [2.45, 2.75) is 6.04 Å². The first-order chi connectivity index (χ1) is 5.24. The van der Waals surface area contributed by atoms with Crippen molar-refractivity contribution >= 4 is 5.69 Å². The molecule has 0 saturated heterocycles. The molecular formula is C9H12N2. The molecule has 0 aromatic heterocycles.